The summed E-state index contributed by atoms with van der Waals surface area (Å²) in [5.41, 5.74) is 0.505. The molecule has 0 spiro atoms. The van der Waals surface area contributed by atoms with Gasteiger partial charge in [-0.2, -0.15) is 0 Å². The van der Waals surface area contributed by atoms with E-state index in [0.29, 0.717) is 17.9 Å². The summed E-state index contributed by atoms with van der Waals surface area (Å²) in [6.07, 6.45) is 1.55. The monoisotopic (exact) mass is 224 g/mol. The molecular formula is C12H16O4. The highest BCUT2D eigenvalue weighted by Crippen LogP contribution is 2.13. The minimum absolute atomic E-state index is 0.185. The summed E-state index contributed by atoms with van der Waals surface area (Å²) in [6.45, 7) is 0.753. The van der Waals surface area contributed by atoms with E-state index in [9.17, 15) is 4.79 Å². The van der Waals surface area contributed by atoms with Crippen LogP contribution in [0.25, 0.3) is 0 Å². The van der Waals surface area contributed by atoms with Crippen molar-refractivity contribution in [2.75, 3.05) is 20.3 Å². The molecule has 16 heavy (non-hydrogen) atoms. The SMILES string of the molecule is COC(=O)c1ccc(OCCCCO)cc1. The second-order valence-corrected chi connectivity index (χ2v) is 3.30. The molecule has 0 unspecified atom stereocenters. The summed E-state index contributed by atoms with van der Waals surface area (Å²) in [5, 5.41) is 8.58. The van der Waals surface area contributed by atoms with Crippen LogP contribution in [0, 0.1) is 0 Å². The van der Waals surface area contributed by atoms with Gasteiger partial charge in [0.05, 0.1) is 19.3 Å². The second kappa shape index (κ2) is 6.85. The van der Waals surface area contributed by atoms with Gasteiger partial charge in [0, 0.05) is 6.61 Å². The summed E-state index contributed by atoms with van der Waals surface area (Å²) in [6, 6.07) is 6.77. The van der Waals surface area contributed by atoms with E-state index in [-0.39, 0.29) is 12.6 Å². The van der Waals surface area contributed by atoms with Crippen LogP contribution in [0.4, 0.5) is 0 Å². The number of benzene rings is 1. The number of hydrogen-bond donors (Lipinski definition) is 1. The third kappa shape index (κ3) is 3.90. The Kier molecular flexibility index (Phi) is 5.36. The van der Waals surface area contributed by atoms with Gasteiger partial charge in [-0.05, 0) is 37.1 Å². The van der Waals surface area contributed by atoms with Crippen molar-refractivity contribution in [3.63, 3.8) is 0 Å². The first kappa shape index (κ1) is 12.5. The third-order valence-electron chi connectivity index (χ3n) is 2.10. The van der Waals surface area contributed by atoms with Gasteiger partial charge in [-0.25, -0.2) is 4.79 Å². The van der Waals surface area contributed by atoms with Crippen LogP contribution < -0.4 is 4.74 Å². The molecule has 1 aromatic rings. The van der Waals surface area contributed by atoms with E-state index in [1.165, 1.54) is 7.11 Å². The number of carbonyl (C=O) groups excluding carboxylic acids is 1. The van der Waals surface area contributed by atoms with E-state index in [2.05, 4.69) is 4.74 Å². The number of rotatable bonds is 6. The Morgan fingerprint density at radius 1 is 1.25 bits per heavy atom. The Morgan fingerprint density at radius 3 is 2.50 bits per heavy atom. The minimum Gasteiger partial charge on any atom is -0.494 e. The summed E-state index contributed by atoms with van der Waals surface area (Å²) >= 11 is 0. The summed E-state index contributed by atoms with van der Waals surface area (Å²) in [5.74, 6) is 0.359. The van der Waals surface area contributed by atoms with E-state index in [0.717, 1.165) is 12.8 Å². The predicted molar refractivity (Wildman–Crippen MR) is 59.6 cm³/mol. The van der Waals surface area contributed by atoms with Crippen LogP contribution in [0.1, 0.15) is 23.2 Å². The largest absolute Gasteiger partial charge is 0.494 e. The lowest BCUT2D eigenvalue weighted by atomic mass is 10.2. The molecule has 0 atom stereocenters. The molecule has 0 aliphatic carbocycles. The Labute approximate surface area is 94.8 Å². The molecule has 0 aliphatic rings. The lowest BCUT2D eigenvalue weighted by molar-refractivity contribution is 0.0600. The lowest BCUT2D eigenvalue weighted by Crippen LogP contribution is -2.02. The highest BCUT2D eigenvalue weighted by atomic mass is 16.5. The molecule has 0 saturated heterocycles. The maximum absolute atomic E-state index is 11.1. The molecule has 0 radical (unpaired) electrons. The van der Waals surface area contributed by atoms with Crippen LogP contribution in [-0.2, 0) is 4.74 Å². The van der Waals surface area contributed by atoms with Gasteiger partial charge in [0.15, 0.2) is 0 Å². The minimum atomic E-state index is -0.355. The van der Waals surface area contributed by atoms with E-state index >= 15 is 0 Å². The normalized spacial score (nSPS) is 9.88. The number of carbonyl (C=O) groups is 1. The number of hydrogen-bond acceptors (Lipinski definition) is 4. The van der Waals surface area contributed by atoms with Gasteiger partial charge in [0.25, 0.3) is 0 Å². The Morgan fingerprint density at radius 2 is 1.94 bits per heavy atom. The number of esters is 1. The van der Waals surface area contributed by atoms with Crippen molar-refractivity contribution in [1.82, 2.24) is 0 Å². The van der Waals surface area contributed by atoms with E-state index < -0.39 is 0 Å². The number of ether oxygens (including phenoxy) is 2. The molecule has 1 rings (SSSR count). The van der Waals surface area contributed by atoms with Gasteiger partial charge in [-0.15, -0.1) is 0 Å². The van der Waals surface area contributed by atoms with Crippen LogP contribution in [0.3, 0.4) is 0 Å². The summed E-state index contributed by atoms with van der Waals surface area (Å²) in [4.78, 5) is 11.1. The number of aliphatic hydroxyl groups is 1. The summed E-state index contributed by atoms with van der Waals surface area (Å²) < 4.78 is 9.99. The van der Waals surface area contributed by atoms with Gasteiger partial charge < -0.3 is 14.6 Å². The average Bonchev–Trinajstić information content (AvgIpc) is 2.34. The first-order chi connectivity index (χ1) is 7.77. The van der Waals surface area contributed by atoms with E-state index in [1.807, 2.05) is 0 Å². The van der Waals surface area contributed by atoms with Gasteiger partial charge in [0.1, 0.15) is 5.75 Å². The quantitative estimate of drug-likeness (QED) is 0.589. The predicted octanol–water partition coefficient (Wildman–Crippen LogP) is 1.62. The highest BCUT2D eigenvalue weighted by molar-refractivity contribution is 5.89. The van der Waals surface area contributed by atoms with Crippen molar-refractivity contribution in [3.8, 4) is 5.75 Å². The fraction of sp³-hybridized carbons (Fsp3) is 0.417. The van der Waals surface area contributed by atoms with Gasteiger partial charge in [-0.1, -0.05) is 0 Å². The van der Waals surface area contributed by atoms with Crippen molar-refractivity contribution in [1.29, 1.82) is 0 Å². The zero-order valence-corrected chi connectivity index (χ0v) is 9.31. The molecule has 4 nitrogen and oxygen atoms in total. The molecule has 88 valence electrons. The van der Waals surface area contributed by atoms with Crippen LogP contribution in [-0.4, -0.2) is 31.4 Å². The zero-order chi connectivity index (χ0) is 11.8. The second-order valence-electron chi connectivity index (χ2n) is 3.30. The Balaban J connectivity index is 2.42. The fourth-order valence-corrected chi connectivity index (χ4v) is 1.21. The van der Waals surface area contributed by atoms with Gasteiger partial charge in [-0.3, -0.25) is 0 Å². The highest BCUT2D eigenvalue weighted by Gasteiger charge is 2.04. The van der Waals surface area contributed by atoms with Crippen molar-refractivity contribution in [3.05, 3.63) is 29.8 Å². The molecule has 0 aliphatic heterocycles. The zero-order valence-electron chi connectivity index (χ0n) is 9.31. The lowest BCUT2D eigenvalue weighted by Gasteiger charge is -2.05. The van der Waals surface area contributed by atoms with Crippen molar-refractivity contribution in [2.24, 2.45) is 0 Å². The average molecular weight is 224 g/mol. The fourth-order valence-electron chi connectivity index (χ4n) is 1.21. The Hall–Kier alpha value is -1.55. The smallest absolute Gasteiger partial charge is 0.337 e. The molecule has 0 saturated carbocycles. The molecule has 0 bridgehead atoms. The molecule has 0 fully saturated rings. The molecule has 4 heteroatoms. The molecule has 1 aromatic carbocycles. The van der Waals surface area contributed by atoms with E-state index in [4.69, 9.17) is 9.84 Å². The molecule has 1 N–H and O–H groups in total. The van der Waals surface area contributed by atoms with Crippen LogP contribution in [0.2, 0.25) is 0 Å². The topological polar surface area (TPSA) is 55.8 Å². The Bertz CT molecular complexity index is 318. The standard InChI is InChI=1S/C12H16O4/c1-15-12(14)10-4-6-11(7-5-10)16-9-3-2-8-13/h4-7,13H,2-3,8-9H2,1H3. The van der Waals surface area contributed by atoms with Crippen molar-refractivity contribution >= 4 is 5.97 Å². The van der Waals surface area contributed by atoms with Crippen LogP contribution >= 0.6 is 0 Å². The maximum Gasteiger partial charge on any atom is 0.337 e. The molecule has 0 amide bonds. The van der Waals surface area contributed by atoms with Gasteiger partial charge in [0.2, 0.25) is 0 Å². The molecule has 0 heterocycles. The van der Waals surface area contributed by atoms with Crippen molar-refractivity contribution in [2.45, 2.75) is 12.8 Å². The van der Waals surface area contributed by atoms with Crippen LogP contribution in [0.15, 0.2) is 24.3 Å². The van der Waals surface area contributed by atoms with Crippen molar-refractivity contribution < 1.29 is 19.4 Å². The molecular weight excluding hydrogens is 208 g/mol. The maximum atomic E-state index is 11.1. The van der Waals surface area contributed by atoms with Crippen LogP contribution in [0.5, 0.6) is 5.75 Å². The number of unbranched alkanes of at least 4 members (excludes halogenated alkanes) is 1. The third-order valence-corrected chi connectivity index (χ3v) is 2.10. The first-order valence-electron chi connectivity index (χ1n) is 5.20. The number of methoxy groups -OCH3 is 1. The summed E-state index contributed by atoms with van der Waals surface area (Å²) in [7, 11) is 1.35. The first-order valence-corrected chi connectivity index (χ1v) is 5.20. The number of aliphatic hydroxyl groups excluding tert-OH is 1. The van der Waals surface area contributed by atoms with E-state index in [1.54, 1.807) is 24.3 Å². The van der Waals surface area contributed by atoms with Gasteiger partial charge >= 0.3 is 5.97 Å². The molecule has 0 aromatic heterocycles.